The van der Waals surface area contributed by atoms with Crippen LogP contribution in [0.2, 0.25) is 0 Å². The van der Waals surface area contributed by atoms with Crippen molar-refractivity contribution in [2.45, 2.75) is 51.0 Å². The fourth-order valence-corrected chi connectivity index (χ4v) is 6.43. The number of aromatic nitrogens is 2. The van der Waals surface area contributed by atoms with Crippen LogP contribution in [0.15, 0.2) is 110 Å². The highest BCUT2D eigenvalue weighted by Gasteiger charge is 2.40. The van der Waals surface area contributed by atoms with Crippen LogP contribution in [0.4, 0.5) is 0 Å². The molecule has 2 heterocycles. The Hall–Kier alpha value is -5.25. The van der Waals surface area contributed by atoms with Crippen molar-refractivity contribution >= 4 is 11.9 Å². The number of aliphatic hydroxyl groups is 1. The zero-order valence-electron chi connectivity index (χ0n) is 26.8. The lowest BCUT2D eigenvalue weighted by Gasteiger charge is -2.38. The number of para-hydroxylation sites is 1. The van der Waals surface area contributed by atoms with E-state index in [1.54, 1.807) is 25.4 Å². The summed E-state index contributed by atoms with van der Waals surface area (Å²) in [4.78, 5) is 33.7. The van der Waals surface area contributed by atoms with Crippen molar-refractivity contribution in [3.63, 3.8) is 0 Å². The monoisotopic (exact) mass is 644 g/mol. The van der Waals surface area contributed by atoms with Crippen molar-refractivity contribution in [2.24, 2.45) is 11.7 Å². The van der Waals surface area contributed by atoms with E-state index in [0.29, 0.717) is 25.0 Å². The molecule has 246 valence electrons. The van der Waals surface area contributed by atoms with Gasteiger partial charge in [0.05, 0.1) is 42.8 Å². The smallest absolute Gasteiger partial charge is 0.313 e. The van der Waals surface area contributed by atoms with Crippen LogP contribution in [0.5, 0.6) is 5.75 Å². The molecule has 4 aromatic carbocycles. The van der Waals surface area contributed by atoms with Gasteiger partial charge >= 0.3 is 5.97 Å². The van der Waals surface area contributed by atoms with E-state index in [0.717, 1.165) is 39.1 Å². The molecule has 48 heavy (non-hydrogen) atoms. The fourth-order valence-electron chi connectivity index (χ4n) is 6.43. The number of aromatic amines is 1. The molecule has 0 spiro atoms. The molecule has 0 saturated heterocycles. The number of rotatable bonds is 13. The quantitative estimate of drug-likeness (QED) is 0.118. The average Bonchev–Trinajstić information content (AvgIpc) is 3.66. The maximum absolute atomic E-state index is 13.5. The lowest BCUT2D eigenvalue weighted by molar-refractivity contribution is -0.152. The molecular weight excluding hydrogens is 604 g/mol. The van der Waals surface area contributed by atoms with Crippen LogP contribution in [0.1, 0.15) is 63.7 Å². The standard InChI is InChI=1S/C39H40N4O5/c1-2-47-39(46)32(19-25-11-13-27(23-44)14-12-25)36-21-33(30-9-6-10-31(38(40)45)37(30)48-36)43-34(35-22-41-24-42-35)20-26-15-17-29(18-16-26)28-7-4-3-5-8-28/h3-18,22,24,32-34,36,43-44H,2,19-21,23H2,1H3,(H2,40,45)(H,41,42)/t32?,33?,34?,36-/m0/s1. The molecule has 9 nitrogen and oxygen atoms in total. The van der Waals surface area contributed by atoms with Gasteiger partial charge in [-0.25, -0.2) is 4.98 Å². The number of H-pyrrole nitrogens is 1. The van der Waals surface area contributed by atoms with E-state index in [1.165, 1.54) is 0 Å². The second kappa shape index (κ2) is 15.1. The molecule has 5 aromatic rings. The minimum atomic E-state index is -0.667. The zero-order valence-corrected chi connectivity index (χ0v) is 26.8. The number of benzene rings is 4. The van der Waals surface area contributed by atoms with Gasteiger partial charge in [0.2, 0.25) is 0 Å². The second-order valence-electron chi connectivity index (χ2n) is 12.1. The molecule has 1 aliphatic heterocycles. The number of ether oxygens (including phenoxy) is 2. The lowest BCUT2D eigenvalue weighted by Crippen LogP contribution is -2.43. The SMILES string of the molecule is CCOC(=O)C(Cc1ccc(CO)cc1)[C@@H]1CC(NC(Cc2ccc(-c3ccccc3)cc2)c2cnc[nH]2)c2cccc(C(N)=O)c2O1. The third kappa shape index (κ3) is 7.48. The molecule has 0 fully saturated rings. The molecule has 0 saturated carbocycles. The van der Waals surface area contributed by atoms with Gasteiger partial charge in [-0.3, -0.25) is 9.59 Å². The van der Waals surface area contributed by atoms with E-state index < -0.39 is 17.9 Å². The largest absolute Gasteiger partial charge is 0.488 e. The summed E-state index contributed by atoms with van der Waals surface area (Å²) in [5, 5.41) is 13.3. The first kappa shape index (κ1) is 32.7. The number of aliphatic hydroxyl groups excluding tert-OH is 1. The van der Waals surface area contributed by atoms with Crippen LogP contribution in [0.3, 0.4) is 0 Å². The molecular formula is C39H40N4O5. The van der Waals surface area contributed by atoms with Gasteiger partial charge in [0.1, 0.15) is 11.9 Å². The van der Waals surface area contributed by atoms with Crippen molar-refractivity contribution in [1.29, 1.82) is 0 Å². The van der Waals surface area contributed by atoms with Gasteiger partial charge in [-0.2, -0.15) is 0 Å². The van der Waals surface area contributed by atoms with E-state index in [1.807, 2.05) is 54.7 Å². The fraction of sp³-hybridized carbons (Fsp3) is 0.256. The number of hydrogen-bond donors (Lipinski definition) is 4. The second-order valence-corrected chi connectivity index (χ2v) is 12.1. The molecule has 4 atom stereocenters. The van der Waals surface area contributed by atoms with Crippen LogP contribution in [0, 0.1) is 5.92 Å². The highest BCUT2D eigenvalue weighted by Crippen LogP contribution is 2.41. The van der Waals surface area contributed by atoms with Crippen LogP contribution in [-0.4, -0.2) is 39.7 Å². The number of carbonyl (C=O) groups is 2. The molecule has 3 unspecified atom stereocenters. The number of fused-ring (bicyclic) bond motifs is 1. The molecule has 0 bridgehead atoms. The Morgan fingerprint density at radius 2 is 1.62 bits per heavy atom. The molecule has 0 radical (unpaired) electrons. The van der Waals surface area contributed by atoms with Gasteiger partial charge in [0.15, 0.2) is 0 Å². The van der Waals surface area contributed by atoms with Crippen LogP contribution < -0.4 is 15.8 Å². The number of imidazole rings is 1. The highest BCUT2D eigenvalue weighted by molar-refractivity contribution is 5.96. The first-order valence-electron chi connectivity index (χ1n) is 16.3. The summed E-state index contributed by atoms with van der Waals surface area (Å²) in [5.74, 6) is -1.28. The normalized spacial score (nSPS) is 16.7. The Balaban J connectivity index is 1.32. The summed E-state index contributed by atoms with van der Waals surface area (Å²) in [6.07, 6.45) is 4.29. The van der Waals surface area contributed by atoms with E-state index in [2.05, 4.69) is 51.7 Å². The number of esters is 1. The number of amides is 1. The average molecular weight is 645 g/mol. The van der Waals surface area contributed by atoms with E-state index in [-0.39, 0.29) is 36.8 Å². The predicted octanol–water partition coefficient (Wildman–Crippen LogP) is 5.86. The molecule has 0 aliphatic carbocycles. The predicted molar refractivity (Wildman–Crippen MR) is 183 cm³/mol. The summed E-state index contributed by atoms with van der Waals surface area (Å²) < 4.78 is 12.1. The summed E-state index contributed by atoms with van der Waals surface area (Å²) in [7, 11) is 0. The van der Waals surface area contributed by atoms with Gasteiger partial charge in [-0.1, -0.05) is 91.0 Å². The molecule has 1 aromatic heterocycles. The minimum Gasteiger partial charge on any atom is -0.488 e. The zero-order chi connectivity index (χ0) is 33.5. The topological polar surface area (TPSA) is 140 Å². The molecule has 9 heteroatoms. The number of nitrogens with one attached hydrogen (secondary N) is 2. The Kier molecular flexibility index (Phi) is 10.3. The van der Waals surface area contributed by atoms with Crippen molar-refractivity contribution in [3.05, 3.63) is 143 Å². The van der Waals surface area contributed by atoms with E-state index in [4.69, 9.17) is 15.2 Å². The Morgan fingerprint density at radius 1 is 0.938 bits per heavy atom. The molecule has 1 amide bonds. The van der Waals surface area contributed by atoms with Gasteiger partial charge in [-0.05, 0) is 53.6 Å². The third-order valence-electron chi connectivity index (χ3n) is 8.92. The maximum atomic E-state index is 13.5. The molecule has 1 aliphatic rings. The summed E-state index contributed by atoms with van der Waals surface area (Å²) in [6, 6.07) is 31.2. The van der Waals surface area contributed by atoms with Crippen LogP contribution in [0.25, 0.3) is 11.1 Å². The van der Waals surface area contributed by atoms with Gasteiger partial charge in [0.25, 0.3) is 5.91 Å². The van der Waals surface area contributed by atoms with E-state index >= 15 is 0 Å². The maximum Gasteiger partial charge on any atom is 0.313 e. The van der Waals surface area contributed by atoms with Crippen LogP contribution in [-0.2, 0) is 29.0 Å². The molecule has 6 rings (SSSR count). The number of nitrogens with zero attached hydrogens (tertiary/aromatic N) is 1. The highest BCUT2D eigenvalue weighted by atomic mass is 16.5. The van der Waals surface area contributed by atoms with Crippen molar-refractivity contribution in [3.8, 4) is 16.9 Å². The minimum absolute atomic E-state index is 0.0674. The van der Waals surface area contributed by atoms with E-state index in [9.17, 15) is 14.7 Å². The number of nitrogens with two attached hydrogens (primary N) is 1. The first-order chi connectivity index (χ1) is 23.4. The number of hydrogen-bond acceptors (Lipinski definition) is 7. The van der Waals surface area contributed by atoms with Crippen molar-refractivity contribution in [1.82, 2.24) is 15.3 Å². The Morgan fingerprint density at radius 3 is 2.29 bits per heavy atom. The van der Waals surface area contributed by atoms with Gasteiger partial charge in [0, 0.05) is 24.2 Å². The molecule has 5 N–H and O–H groups in total. The van der Waals surface area contributed by atoms with Gasteiger partial charge in [-0.15, -0.1) is 0 Å². The first-order valence-corrected chi connectivity index (χ1v) is 16.3. The Bertz CT molecular complexity index is 1810. The van der Waals surface area contributed by atoms with Crippen molar-refractivity contribution < 1.29 is 24.2 Å². The lowest BCUT2D eigenvalue weighted by atomic mass is 9.84. The number of carbonyl (C=O) groups excluding carboxylic acids is 2. The van der Waals surface area contributed by atoms with Crippen LogP contribution >= 0.6 is 0 Å². The van der Waals surface area contributed by atoms with Crippen molar-refractivity contribution in [2.75, 3.05) is 6.61 Å². The summed E-state index contributed by atoms with van der Waals surface area (Å²) in [6.45, 7) is 1.93. The van der Waals surface area contributed by atoms with Gasteiger partial charge < -0.3 is 30.6 Å². The Labute approximate surface area is 280 Å². The third-order valence-corrected chi connectivity index (χ3v) is 8.92. The number of primary amides is 1. The summed E-state index contributed by atoms with van der Waals surface area (Å²) in [5.41, 5.74) is 12.9. The summed E-state index contributed by atoms with van der Waals surface area (Å²) >= 11 is 0.